The first kappa shape index (κ1) is 18.7. The van der Waals surface area contributed by atoms with Gasteiger partial charge in [-0.15, -0.1) is 0 Å². The van der Waals surface area contributed by atoms with Crippen LogP contribution in [0, 0.1) is 0 Å². The van der Waals surface area contributed by atoms with Gasteiger partial charge in [0.25, 0.3) is 0 Å². The molecule has 0 heterocycles. The van der Waals surface area contributed by atoms with Crippen LogP contribution in [0.15, 0.2) is 109 Å². The average molecular weight is 421 g/mol. The summed E-state index contributed by atoms with van der Waals surface area (Å²) >= 11 is 0. The van der Waals surface area contributed by atoms with Gasteiger partial charge in [0.05, 0.1) is 0 Å². The normalized spacial score (nSPS) is 14.0. The number of hydrogen-bond donors (Lipinski definition) is 0. The molecule has 0 N–H and O–H groups in total. The lowest BCUT2D eigenvalue weighted by molar-refractivity contribution is 0.660. The summed E-state index contributed by atoms with van der Waals surface area (Å²) in [5.41, 5.74) is 8.23. The van der Waals surface area contributed by atoms with Crippen LogP contribution in [0.1, 0.15) is 25.0 Å². The van der Waals surface area contributed by atoms with Crippen LogP contribution < -0.4 is 0 Å². The van der Waals surface area contributed by atoms with Gasteiger partial charge in [0.2, 0.25) is 0 Å². The number of fused-ring (bicyclic) bond motifs is 9. The minimum Gasteiger partial charge on any atom is -0.0619 e. The highest BCUT2D eigenvalue weighted by molar-refractivity contribution is 6.25. The molecule has 0 nitrogen and oxygen atoms in total. The first-order valence-electron chi connectivity index (χ1n) is 11.7. The minimum atomic E-state index is 0.0156. The molecule has 33 heavy (non-hydrogen) atoms. The van der Waals surface area contributed by atoms with E-state index in [1.54, 1.807) is 0 Å². The molecular weight excluding hydrogens is 396 g/mol. The van der Waals surface area contributed by atoms with Gasteiger partial charge in [-0.2, -0.15) is 0 Å². The molecule has 6 aromatic carbocycles. The summed E-state index contributed by atoms with van der Waals surface area (Å²) in [6.45, 7) is 4.70. The maximum absolute atomic E-state index is 2.41. The predicted octanol–water partition coefficient (Wildman–Crippen LogP) is 9.12. The lowest BCUT2D eigenvalue weighted by Gasteiger charge is -2.21. The number of hydrogen-bond acceptors (Lipinski definition) is 0. The molecule has 0 aliphatic heterocycles. The van der Waals surface area contributed by atoms with E-state index in [0.29, 0.717) is 0 Å². The fraction of sp³-hybridized carbons (Fsp3) is 0.0909. The third-order valence-electron chi connectivity index (χ3n) is 7.66. The Morgan fingerprint density at radius 3 is 1.64 bits per heavy atom. The van der Waals surface area contributed by atoms with Gasteiger partial charge in [-0.3, -0.25) is 0 Å². The van der Waals surface area contributed by atoms with Gasteiger partial charge in [0.1, 0.15) is 0 Å². The molecule has 6 aromatic rings. The van der Waals surface area contributed by atoms with Gasteiger partial charge in [0, 0.05) is 5.41 Å². The molecule has 1 aliphatic carbocycles. The second kappa shape index (κ2) is 6.56. The van der Waals surface area contributed by atoms with E-state index in [2.05, 4.69) is 123 Å². The molecule has 0 spiro atoms. The van der Waals surface area contributed by atoms with E-state index in [1.807, 2.05) is 0 Å². The highest BCUT2D eigenvalue weighted by atomic mass is 14.4. The van der Waals surface area contributed by atoms with Crippen molar-refractivity contribution in [2.24, 2.45) is 0 Å². The second-order valence-electron chi connectivity index (χ2n) is 9.75. The Balaban J connectivity index is 1.58. The fourth-order valence-corrected chi connectivity index (χ4v) is 6.07. The van der Waals surface area contributed by atoms with Crippen molar-refractivity contribution in [3.63, 3.8) is 0 Å². The minimum absolute atomic E-state index is 0.0156. The molecule has 0 fully saturated rings. The third kappa shape index (κ3) is 2.47. The largest absolute Gasteiger partial charge is 0.0619 e. The van der Waals surface area contributed by atoms with Crippen molar-refractivity contribution < 1.29 is 0 Å². The molecule has 0 saturated carbocycles. The Hall–Kier alpha value is -3.90. The summed E-state index contributed by atoms with van der Waals surface area (Å²) in [5.74, 6) is 0. The Bertz CT molecular complexity index is 1700. The SMILES string of the molecule is CC1(C)c2ccccc2-c2c(-c3ccc4c5ccccc5c5ccccc5c4c3)cccc21. The summed E-state index contributed by atoms with van der Waals surface area (Å²) in [7, 11) is 0. The molecule has 0 bridgehead atoms. The summed E-state index contributed by atoms with van der Waals surface area (Å²) in [5, 5.41) is 7.93. The average Bonchev–Trinajstić information content (AvgIpc) is 3.11. The van der Waals surface area contributed by atoms with Gasteiger partial charge in [-0.1, -0.05) is 117 Å². The summed E-state index contributed by atoms with van der Waals surface area (Å²) in [6, 6.07) is 40.4. The summed E-state index contributed by atoms with van der Waals surface area (Å²) in [4.78, 5) is 0. The van der Waals surface area contributed by atoms with Crippen molar-refractivity contribution in [1.82, 2.24) is 0 Å². The van der Waals surface area contributed by atoms with Crippen LogP contribution in [0.5, 0.6) is 0 Å². The van der Waals surface area contributed by atoms with Gasteiger partial charge in [-0.25, -0.2) is 0 Å². The fourth-order valence-electron chi connectivity index (χ4n) is 6.07. The third-order valence-corrected chi connectivity index (χ3v) is 7.66. The lowest BCUT2D eigenvalue weighted by atomic mass is 9.82. The molecular formula is C33H24. The zero-order valence-electron chi connectivity index (χ0n) is 18.9. The first-order chi connectivity index (χ1) is 16.1. The summed E-state index contributed by atoms with van der Waals surface area (Å²) < 4.78 is 0. The molecule has 0 amide bonds. The van der Waals surface area contributed by atoms with Crippen molar-refractivity contribution in [2.45, 2.75) is 19.3 Å². The van der Waals surface area contributed by atoms with Crippen LogP contribution in [0.25, 0.3) is 54.6 Å². The quantitative estimate of drug-likeness (QED) is 0.233. The monoisotopic (exact) mass is 420 g/mol. The molecule has 156 valence electrons. The van der Waals surface area contributed by atoms with Crippen molar-refractivity contribution in [3.8, 4) is 22.3 Å². The molecule has 0 atom stereocenters. The van der Waals surface area contributed by atoms with Crippen LogP contribution in [-0.2, 0) is 5.41 Å². The maximum Gasteiger partial charge on any atom is 0.0159 e. The van der Waals surface area contributed by atoms with Crippen molar-refractivity contribution in [2.75, 3.05) is 0 Å². The first-order valence-corrected chi connectivity index (χ1v) is 11.7. The van der Waals surface area contributed by atoms with Crippen LogP contribution in [0.3, 0.4) is 0 Å². The highest BCUT2D eigenvalue weighted by Gasteiger charge is 2.36. The zero-order chi connectivity index (χ0) is 22.2. The molecule has 0 aromatic heterocycles. The molecule has 0 radical (unpaired) electrons. The van der Waals surface area contributed by atoms with Crippen LogP contribution in [-0.4, -0.2) is 0 Å². The Morgan fingerprint density at radius 2 is 0.939 bits per heavy atom. The van der Waals surface area contributed by atoms with E-state index in [9.17, 15) is 0 Å². The zero-order valence-corrected chi connectivity index (χ0v) is 18.9. The Kier molecular flexibility index (Phi) is 3.71. The van der Waals surface area contributed by atoms with E-state index in [0.717, 1.165) is 0 Å². The van der Waals surface area contributed by atoms with E-state index in [-0.39, 0.29) is 5.41 Å². The molecule has 0 heteroatoms. The molecule has 0 unspecified atom stereocenters. The van der Waals surface area contributed by atoms with Gasteiger partial charge in [-0.05, 0) is 71.8 Å². The Morgan fingerprint density at radius 1 is 0.424 bits per heavy atom. The van der Waals surface area contributed by atoms with E-state index in [4.69, 9.17) is 0 Å². The standard InChI is InChI=1S/C33H24/c1-33(2)30-16-8-7-14-28(30)32-22(15-9-17-31(32)33)21-18-19-27-25-12-4-3-10-23(25)24-11-5-6-13-26(24)29(27)20-21/h3-20H,1-2H3. The molecule has 1 aliphatic rings. The van der Waals surface area contributed by atoms with E-state index in [1.165, 1.54) is 65.7 Å². The lowest BCUT2D eigenvalue weighted by Crippen LogP contribution is -2.14. The predicted molar refractivity (Wildman–Crippen MR) is 142 cm³/mol. The Labute approximate surface area is 194 Å². The van der Waals surface area contributed by atoms with Crippen LogP contribution in [0.4, 0.5) is 0 Å². The summed E-state index contributed by atoms with van der Waals surface area (Å²) in [6.07, 6.45) is 0. The topological polar surface area (TPSA) is 0 Å². The van der Waals surface area contributed by atoms with Gasteiger partial charge >= 0.3 is 0 Å². The number of benzene rings is 6. The maximum atomic E-state index is 2.41. The second-order valence-corrected chi connectivity index (χ2v) is 9.75. The van der Waals surface area contributed by atoms with E-state index < -0.39 is 0 Å². The number of rotatable bonds is 1. The van der Waals surface area contributed by atoms with Crippen molar-refractivity contribution >= 4 is 32.3 Å². The highest BCUT2D eigenvalue weighted by Crippen LogP contribution is 2.52. The van der Waals surface area contributed by atoms with E-state index >= 15 is 0 Å². The van der Waals surface area contributed by atoms with Crippen LogP contribution >= 0.6 is 0 Å². The molecule has 7 rings (SSSR count). The van der Waals surface area contributed by atoms with Gasteiger partial charge < -0.3 is 0 Å². The van der Waals surface area contributed by atoms with Gasteiger partial charge in [0.15, 0.2) is 0 Å². The van der Waals surface area contributed by atoms with Crippen LogP contribution in [0.2, 0.25) is 0 Å². The molecule has 0 saturated heterocycles. The van der Waals surface area contributed by atoms with Crippen molar-refractivity contribution in [3.05, 3.63) is 120 Å². The van der Waals surface area contributed by atoms with Crippen molar-refractivity contribution in [1.29, 1.82) is 0 Å². The smallest absolute Gasteiger partial charge is 0.0159 e.